The van der Waals surface area contributed by atoms with Gasteiger partial charge in [-0.3, -0.25) is 0 Å². The molecule has 0 aromatic carbocycles. The Morgan fingerprint density at radius 2 is 1.50 bits per heavy atom. The van der Waals surface area contributed by atoms with Crippen LogP contribution in [-0.2, 0) is 14.3 Å². The van der Waals surface area contributed by atoms with E-state index in [-0.39, 0.29) is 37.4 Å². The van der Waals surface area contributed by atoms with Crippen molar-refractivity contribution in [1.29, 1.82) is 0 Å². The molecule has 0 aromatic heterocycles. The Morgan fingerprint density at radius 3 is 1.78 bits per heavy atom. The maximum absolute atomic E-state index is 11.4. The third-order valence-electron chi connectivity index (χ3n) is 4.01. The first-order valence-corrected chi connectivity index (χ1v) is 5.56. The highest BCUT2D eigenvalue weighted by Gasteiger charge is 2.64. The number of hydrogen-bond acceptors (Lipinski definition) is 3. The van der Waals surface area contributed by atoms with Crippen LogP contribution < -0.4 is 0 Å². The number of carbonyl (C=O) groups is 1. The minimum Gasteiger partial charge on any atom is -0.462 e. The number of carbonyl (C=O) groups excluding carboxylic acids is 1. The topological polar surface area (TPSA) is 35.5 Å². The molecule has 0 spiro atoms. The summed E-state index contributed by atoms with van der Waals surface area (Å²) in [5.41, 5.74) is -0.289. The Labute approximate surface area is 113 Å². The molecule has 0 bridgehead atoms. The van der Waals surface area contributed by atoms with Gasteiger partial charge in [0.15, 0.2) is 0 Å². The Bertz CT molecular complexity index is 313. The fraction of sp³-hybridized carbons (Fsp3) is 0.800. The summed E-state index contributed by atoms with van der Waals surface area (Å²) in [7, 11) is 0. The summed E-state index contributed by atoms with van der Waals surface area (Å²) in [5.74, 6) is -0.334. The molecule has 3 nitrogen and oxygen atoms in total. The third-order valence-corrected chi connectivity index (χ3v) is 4.01. The molecule has 1 rings (SSSR count). The summed E-state index contributed by atoms with van der Waals surface area (Å²) in [4.78, 5) is 11.4. The second-order valence-electron chi connectivity index (χ2n) is 5.81. The van der Waals surface area contributed by atoms with Gasteiger partial charge in [0.2, 0.25) is 0 Å². The van der Waals surface area contributed by atoms with Crippen LogP contribution in [0, 0.1) is 5.41 Å². The highest BCUT2D eigenvalue weighted by Crippen LogP contribution is 2.56. The molecule has 0 radical (unpaired) electrons. The minimum absolute atomic E-state index is 0. The van der Waals surface area contributed by atoms with Crippen LogP contribution in [0.5, 0.6) is 0 Å². The lowest BCUT2D eigenvalue weighted by molar-refractivity contribution is -0.355. The number of ether oxygens (including phenoxy) is 2. The van der Waals surface area contributed by atoms with Crippen molar-refractivity contribution in [2.45, 2.75) is 67.6 Å². The minimum atomic E-state index is -0.334. The summed E-state index contributed by atoms with van der Waals surface area (Å²) >= 11 is 0. The van der Waals surface area contributed by atoms with Gasteiger partial charge in [0, 0.05) is 5.57 Å². The summed E-state index contributed by atoms with van der Waals surface area (Å²) < 4.78 is 11.1. The number of hydrogen-bond donors (Lipinski definition) is 0. The van der Waals surface area contributed by atoms with Crippen molar-refractivity contribution in [2.75, 3.05) is 6.61 Å². The fourth-order valence-electron chi connectivity index (χ4n) is 2.22. The molecule has 0 amide bonds. The zero-order chi connectivity index (χ0) is 12.8. The predicted molar refractivity (Wildman–Crippen MR) is 76.6 cm³/mol. The second-order valence-corrected chi connectivity index (χ2v) is 5.81. The Hall–Kier alpha value is -0.830. The Morgan fingerprint density at radius 1 is 1.11 bits per heavy atom. The fourth-order valence-corrected chi connectivity index (χ4v) is 2.22. The van der Waals surface area contributed by atoms with E-state index in [4.69, 9.17) is 9.47 Å². The first-order chi connectivity index (χ1) is 7.03. The van der Waals surface area contributed by atoms with Crippen molar-refractivity contribution in [3.05, 3.63) is 12.2 Å². The smallest absolute Gasteiger partial charge is 0.333 e. The molecule has 1 fully saturated rings. The van der Waals surface area contributed by atoms with Crippen LogP contribution in [0.2, 0.25) is 0 Å². The highest BCUT2D eigenvalue weighted by atomic mass is 16.6. The molecule has 108 valence electrons. The van der Waals surface area contributed by atoms with Gasteiger partial charge in [0.1, 0.15) is 6.61 Å². The Balaban J connectivity index is 0. The predicted octanol–water partition coefficient (Wildman–Crippen LogP) is 3.97. The van der Waals surface area contributed by atoms with E-state index in [1.54, 1.807) is 6.92 Å². The van der Waals surface area contributed by atoms with E-state index in [9.17, 15) is 4.79 Å². The molecule has 0 saturated carbocycles. The number of esters is 1. The molecule has 3 heteroatoms. The van der Waals surface area contributed by atoms with E-state index in [1.165, 1.54) is 0 Å². The van der Waals surface area contributed by atoms with Crippen molar-refractivity contribution in [3.63, 3.8) is 0 Å². The molecule has 0 aromatic rings. The van der Waals surface area contributed by atoms with Gasteiger partial charge in [-0.1, -0.05) is 28.4 Å². The normalized spacial score (nSPS) is 21.7. The molecular formula is C15H30O3. The van der Waals surface area contributed by atoms with Crippen molar-refractivity contribution < 1.29 is 14.3 Å². The summed E-state index contributed by atoms with van der Waals surface area (Å²) in [6.07, 6.45) is 0. The van der Waals surface area contributed by atoms with E-state index in [2.05, 4.69) is 13.5 Å². The van der Waals surface area contributed by atoms with E-state index >= 15 is 0 Å². The van der Waals surface area contributed by atoms with Crippen molar-refractivity contribution >= 4 is 5.97 Å². The molecule has 18 heavy (non-hydrogen) atoms. The number of rotatable bonds is 3. The molecule has 0 atom stereocenters. The highest BCUT2D eigenvalue weighted by molar-refractivity contribution is 5.86. The van der Waals surface area contributed by atoms with Gasteiger partial charge in [-0.25, -0.2) is 4.79 Å². The first kappa shape index (κ1) is 19.5. The van der Waals surface area contributed by atoms with Crippen molar-refractivity contribution in [2.24, 2.45) is 5.41 Å². The zero-order valence-corrected chi connectivity index (χ0v) is 11.1. The maximum atomic E-state index is 11.4. The van der Waals surface area contributed by atoms with E-state index in [0.29, 0.717) is 12.2 Å². The summed E-state index contributed by atoms with van der Waals surface area (Å²) in [6.45, 7) is 15.7. The van der Waals surface area contributed by atoms with Gasteiger partial charge in [0.25, 0.3) is 0 Å². The molecule has 0 aliphatic carbocycles. The van der Waals surface area contributed by atoms with Gasteiger partial charge in [-0.15, -0.1) is 0 Å². The van der Waals surface area contributed by atoms with Crippen LogP contribution in [0.1, 0.15) is 56.4 Å². The molecule has 1 aliphatic heterocycles. The van der Waals surface area contributed by atoms with Crippen LogP contribution in [0.15, 0.2) is 12.2 Å². The zero-order valence-electron chi connectivity index (χ0n) is 11.1. The van der Waals surface area contributed by atoms with Gasteiger partial charge >= 0.3 is 5.97 Å². The molecular weight excluding hydrogens is 228 g/mol. The molecule has 0 unspecified atom stereocenters. The van der Waals surface area contributed by atoms with Crippen LogP contribution in [-0.4, -0.2) is 23.8 Å². The SMILES string of the molecule is C.C.C=C(C)C(=O)OCC1(C)C(C)(C)OC1(C)C. The third kappa shape index (κ3) is 2.77. The lowest BCUT2D eigenvalue weighted by atomic mass is 9.59. The average Bonchev–Trinajstić information content (AvgIpc) is 2.10. The van der Waals surface area contributed by atoms with Gasteiger partial charge in [0.05, 0.1) is 16.6 Å². The summed E-state index contributed by atoms with van der Waals surface area (Å²) in [5, 5.41) is 0. The van der Waals surface area contributed by atoms with Gasteiger partial charge in [-0.05, 0) is 34.6 Å². The van der Waals surface area contributed by atoms with Gasteiger partial charge < -0.3 is 9.47 Å². The van der Waals surface area contributed by atoms with Crippen molar-refractivity contribution in [1.82, 2.24) is 0 Å². The van der Waals surface area contributed by atoms with E-state index in [1.807, 2.05) is 27.7 Å². The average molecular weight is 258 g/mol. The monoisotopic (exact) mass is 258 g/mol. The standard InChI is InChI=1S/C13H22O3.2CH4/c1-9(2)10(14)15-8-13(7)11(3,4)16-12(13,5)6;;/h1,8H2,2-7H3;2*1H4. The summed E-state index contributed by atoms with van der Waals surface area (Å²) in [6, 6.07) is 0. The largest absolute Gasteiger partial charge is 0.462 e. The Kier molecular flexibility index (Phi) is 5.89. The molecule has 1 saturated heterocycles. The molecule has 0 N–H and O–H groups in total. The lowest BCUT2D eigenvalue weighted by Gasteiger charge is -2.64. The van der Waals surface area contributed by atoms with Crippen LogP contribution >= 0.6 is 0 Å². The lowest BCUT2D eigenvalue weighted by Crippen LogP contribution is -2.72. The van der Waals surface area contributed by atoms with Crippen LogP contribution in [0.25, 0.3) is 0 Å². The van der Waals surface area contributed by atoms with Crippen LogP contribution in [0.3, 0.4) is 0 Å². The van der Waals surface area contributed by atoms with Crippen molar-refractivity contribution in [3.8, 4) is 0 Å². The van der Waals surface area contributed by atoms with E-state index in [0.717, 1.165) is 0 Å². The molecule has 1 aliphatic rings. The van der Waals surface area contributed by atoms with Crippen LogP contribution in [0.4, 0.5) is 0 Å². The quantitative estimate of drug-likeness (QED) is 0.567. The first-order valence-electron chi connectivity index (χ1n) is 5.56. The van der Waals surface area contributed by atoms with E-state index < -0.39 is 0 Å². The maximum Gasteiger partial charge on any atom is 0.333 e. The second kappa shape index (κ2) is 5.43. The molecule has 1 heterocycles. The van der Waals surface area contributed by atoms with Gasteiger partial charge in [-0.2, -0.15) is 0 Å².